The van der Waals surface area contributed by atoms with Crippen LogP contribution in [-0.4, -0.2) is 53.2 Å². The van der Waals surface area contributed by atoms with Gasteiger partial charge in [0.05, 0.1) is 18.7 Å². The summed E-state index contributed by atoms with van der Waals surface area (Å²) in [6, 6.07) is 4.03. The Morgan fingerprint density at radius 1 is 1.30 bits per heavy atom. The number of rotatable bonds is 6. The molecule has 3 rings (SSSR count). The zero-order valence-corrected chi connectivity index (χ0v) is 18.5. The Kier molecular flexibility index (Phi) is 7.68. The second kappa shape index (κ2) is 10.3. The predicted molar refractivity (Wildman–Crippen MR) is 113 cm³/mol. The molecule has 0 saturated carbocycles. The molecule has 178 valence electrons. The third-order valence-corrected chi connectivity index (χ3v) is 4.96. The Bertz CT molecular complexity index is 1020. The lowest BCUT2D eigenvalue weighted by molar-refractivity contribution is -0.138. The van der Waals surface area contributed by atoms with Crippen molar-refractivity contribution in [1.82, 2.24) is 14.9 Å². The zero-order valence-electron chi connectivity index (χ0n) is 18.5. The maximum atomic E-state index is 13.3. The summed E-state index contributed by atoms with van der Waals surface area (Å²) in [4.78, 5) is 22.7. The third-order valence-electron chi connectivity index (χ3n) is 4.96. The molecular formula is C23H25F4N3O3. The summed E-state index contributed by atoms with van der Waals surface area (Å²) in [7, 11) is 0. The van der Waals surface area contributed by atoms with E-state index in [1.54, 1.807) is 6.07 Å². The molecule has 1 amide bonds. The molecule has 1 aliphatic rings. The van der Waals surface area contributed by atoms with Crippen LogP contribution in [0.2, 0.25) is 0 Å². The number of hydrogen-bond acceptors (Lipinski definition) is 5. The van der Waals surface area contributed by atoms with Gasteiger partial charge in [-0.1, -0.05) is 19.9 Å². The highest BCUT2D eigenvalue weighted by atomic mass is 19.4. The van der Waals surface area contributed by atoms with Gasteiger partial charge >= 0.3 is 6.18 Å². The first-order chi connectivity index (χ1) is 15.5. The van der Waals surface area contributed by atoms with Gasteiger partial charge in [-0.2, -0.15) is 18.2 Å². The summed E-state index contributed by atoms with van der Waals surface area (Å²) < 4.78 is 64.1. The Morgan fingerprint density at radius 2 is 2.06 bits per heavy atom. The summed E-state index contributed by atoms with van der Waals surface area (Å²) in [5.41, 5.74) is -0.652. The maximum absolute atomic E-state index is 13.3. The maximum Gasteiger partial charge on any atom is 0.417 e. The number of morpholine rings is 1. The molecule has 1 saturated heterocycles. The number of aryl methyl sites for hydroxylation is 1. The van der Waals surface area contributed by atoms with E-state index in [0.717, 1.165) is 30.0 Å². The molecule has 1 fully saturated rings. The van der Waals surface area contributed by atoms with E-state index in [2.05, 4.69) is 9.97 Å². The van der Waals surface area contributed by atoms with E-state index in [1.807, 2.05) is 20.8 Å². The first-order valence-corrected chi connectivity index (χ1v) is 10.5. The summed E-state index contributed by atoms with van der Waals surface area (Å²) in [5, 5.41) is 0. The van der Waals surface area contributed by atoms with Gasteiger partial charge in [0, 0.05) is 30.3 Å². The predicted octanol–water partition coefficient (Wildman–Crippen LogP) is 4.39. The standard InChI is InChI=1S/C23H25F4N3O3/c1-14(2)22-28-15(3)10-20(29-22)33-13-18-12-30(8-9-32-18)21(31)7-5-16-4-6-17(24)11-19(16)23(25,26)27/h4-7,10-11,14,18H,8-9,12-13H2,1-3H3/b7-5+. The van der Waals surface area contributed by atoms with Crippen molar-refractivity contribution in [1.29, 1.82) is 0 Å². The first-order valence-electron chi connectivity index (χ1n) is 10.5. The van der Waals surface area contributed by atoms with Gasteiger partial charge in [0.2, 0.25) is 11.8 Å². The Balaban J connectivity index is 1.62. The molecule has 6 nitrogen and oxygen atoms in total. The highest BCUT2D eigenvalue weighted by molar-refractivity contribution is 5.92. The number of alkyl halides is 3. The summed E-state index contributed by atoms with van der Waals surface area (Å²) >= 11 is 0. The highest BCUT2D eigenvalue weighted by Gasteiger charge is 2.33. The van der Waals surface area contributed by atoms with Crippen LogP contribution < -0.4 is 4.74 Å². The first kappa shape index (κ1) is 24.6. The smallest absolute Gasteiger partial charge is 0.417 e. The zero-order chi connectivity index (χ0) is 24.2. The van der Waals surface area contributed by atoms with Gasteiger partial charge < -0.3 is 14.4 Å². The molecule has 1 aliphatic heterocycles. The number of carbonyl (C=O) groups excluding carboxylic acids is 1. The van der Waals surface area contributed by atoms with Gasteiger partial charge in [-0.3, -0.25) is 4.79 Å². The van der Waals surface area contributed by atoms with E-state index in [-0.39, 0.29) is 31.2 Å². The van der Waals surface area contributed by atoms with Crippen LogP contribution in [0.1, 0.15) is 42.4 Å². The van der Waals surface area contributed by atoms with Gasteiger partial charge in [-0.25, -0.2) is 9.37 Å². The second-order valence-corrected chi connectivity index (χ2v) is 8.01. The van der Waals surface area contributed by atoms with Crippen LogP contribution >= 0.6 is 0 Å². The van der Waals surface area contributed by atoms with E-state index in [9.17, 15) is 22.4 Å². The highest BCUT2D eigenvalue weighted by Crippen LogP contribution is 2.33. The Hall–Kier alpha value is -3.01. The number of benzene rings is 1. The Morgan fingerprint density at radius 3 is 2.76 bits per heavy atom. The van der Waals surface area contributed by atoms with Crippen molar-refractivity contribution in [3.05, 3.63) is 58.8 Å². The van der Waals surface area contributed by atoms with Crippen LogP contribution in [-0.2, 0) is 15.7 Å². The Labute approximate surface area is 189 Å². The average Bonchev–Trinajstić information content (AvgIpc) is 2.75. The van der Waals surface area contributed by atoms with Gasteiger partial charge in [0.25, 0.3) is 0 Å². The van der Waals surface area contributed by atoms with Crippen LogP contribution in [0, 0.1) is 12.7 Å². The van der Waals surface area contributed by atoms with Gasteiger partial charge in [-0.05, 0) is 30.7 Å². The van der Waals surface area contributed by atoms with Crippen LogP contribution in [0.5, 0.6) is 5.88 Å². The summed E-state index contributed by atoms with van der Waals surface area (Å²) in [6.45, 7) is 6.71. The summed E-state index contributed by atoms with van der Waals surface area (Å²) in [6.07, 6.45) is -3.07. The number of ether oxygens (including phenoxy) is 2. The van der Waals surface area contributed by atoms with E-state index >= 15 is 0 Å². The molecule has 2 heterocycles. The minimum absolute atomic E-state index is 0.136. The molecule has 0 radical (unpaired) electrons. The number of carbonyl (C=O) groups is 1. The molecule has 0 aliphatic carbocycles. The lowest BCUT2D eigenvalue weighted by atomic mass is 10.1. The lowest BCUT2D eigenvalue weighted by Gasteiger charge is -2.32. The van der Waals surface area contributed by atoms with Gasteiger partial charge in [0.1, 0.15) is 24.4 Å². The van der Waals surface area contributed by atoms with Gasteiger partial charge in [0.15, 0.2) is 0 Å². The molecule has 10 heteroatoms. The fourth-order valence-corrected chi connectivity index (χ4v) is 3.28. The molecule has 1 aromatic carbocycles. The topological polar surface area (TPSA) is 64.5 Å². The van der Waals surface area contributed by atoms with Crippen molar-refractivity contribution in [2.24, 2.45) is 0 Å². The minimum Gasteiger partial charge on any atom is -0.475 e. The van der Waals surface area contributed by atoms with E-state index in [4.69, 9.17) is 9.47 Å². The fraction of sp³-hybridized carbons (Fsp3) is 0.435. The van der Waals surface area contributed by atoms with E-state index in [1.165, 1.54) is 4.90 Å². The van der Waals surface area contributed by atoms with Crippen LogP contribution in [0.15, 0.2) is 30.3 Å². The minimum atomic E-state index is -4.74. The molecule has 0 bridgehead atoms. The van der Waals surface area contributed by atoms with Crippen molar-refractivity contribution < 1.29 is 31.8 Å². The van der Waals surface area contributed by atoms with Gasteiger partial charge in [-0.15, -0.1) is 0 Å². The molecular weight excluding hydrogens is 442 g/mol. The fourth-order valence-electron chi connectivity index (χ4n) is 3.28. The molecule has 1 atom stereocenters. The van der Waals surface area contributed by atoms with Crippen molar-refractivity contribution >= 4 is 12.0 Å². The molecule has 2 aromatic rings. The van der Waals surface area contributed by atoms with Crippen LogP contribution in [0.3, 0.4) is 0 Å². The number of amides is 1. The second-order valence-electron chi connectivity index (χ2n) is 8.01. The van der Waals surface area contributed by atoms with E-state index in [0.29, 0.717) is 24.3 Å². The van der Waals surface area contributed by atoms with Crippen LogP contribution in [0.4, 0.5) is 17.6 Å². The molecule has 1 unspecified atom stereocenters. The lowest BCUT2D eigenvalue weighted by Crippen LogP contribution is -2.47. The molecule has 0 N–H and O–H groups in total. The monoisotopic (exact) mass is 467 g/mol. The van der Waals surface area contributed by atoms with Crippen molar-refractivity contribution in [3.8, 4) is 5.88 Å². The van der Waals surface area contributed by atoms with Crippen molar-refractivity contribution in [3.63, 3.8) is 0 Å². The number of aromatic nitrogens is 2. The molecule has 33 heavy (non-hydrogen) atoms. The SMILES string of the molecule is Cc1cc(OCC2CN(C(=O)/C=C/c3ccc(F)cc3C(F)(F)F)CCO2)nc(C(C)C)n1. The molecule has 0 spiro atoms. The van der Waals surface area contributed by atoms with E-state index < -0.39 is 29.6 Å². The third kappa shape index (κ3) is 6.74. The largest absolute Gasteiger partial charge is 0.475 e. The number of halogens is 4. The average molecular weight is 467 g/mol. The number of hydrogen-bond donors (Lipinski definition) is 0. The molecule has 1 aromatic heterocycles. The summed E-state index contributed by atoms with van der Waals surface area (Å²) in [5.74, 6) is -0.261. The number of nitrogens with zero attached hydrogens (tertiary/aromatic N) is 3. The van der Waals surface area contributed by atoms with Crippen LogP contribution in [0.25, 0.3) is 6.08 Å². The van der Waals surface area contributed by atoms with Crippen molar-refractivity contribution in [2.45, 2.75) is 39.0 Å². The normalized spacial score (nSPS) is 17.1. The quantitative estimate of drug-likeness (QED) is 0.466. The van der Waals surface area contributed by atoms with Crippen molar-refractivity contribution in [2.75, 3.05) is 26.3 Å².